The van der Waals surface area contributed by atoms with Gasteiger partial charge in [0.1, 0.15) is 54.5 Å². The van der Waals surface area contributed by atoms with E-state index in [1.54, 1.807) is 0 Å². The summed E-state index contributed by atoms with van der Waals surface area (Å²) in [7, 11) is 0. The van der Waals surface area contributed by atoms with E-state index >= 15 is 0 Å². The van der Waals surface area contributed by atoms with Gasteiger partial charge >= 0.3 is 0 Å². The minimum absolute atomic E-state index is 0.193. The second-order valence-electron chi connectivity index (χ2n) is 6.92. The van der Waals surface area contributed by atoms with E-state index in [4.69, 9.17) is 14.2 Å². The molecule has 3 rings (SSSR count). The van der Waals surface area contributed by atoms with Crippen LogP contribution in [0.2, 0.25) is 0 Å². The van der Waals surface area contributed by atoms with Crippen molar-refractivity contribution in [3.05, 3.63) is 11.9 Å². The quantitative estimate of drug-likeness (QED) is 0.214. The number of hydrogen-bond acceptors (Lipinski definition) is 13. The van der Waals surface area contributed by atoms with Crippen molar-refractivity contribution in [1.82, 2.24) is 15.0 Å². The van der Waals surface area contributed by atoms with Crippen molar-refractivity contribution in [2.45, 2.75) is 68.0 Å². The van der Waals surface area contributed by atoms with Gasteiger partial charge in [0.25, 0.3) is 0 Å². The van der Waals surface area contributed by atoms with Gasteiger partial charge in [-0.2, -0.15) is 0 Å². The molecule has 29 heavy (non-hydrogen) atoms. The van der Waals surface area contributed by atoms with E-state index in [9.17, 15) is 40.9 Å². The van der Waals surface area contributed by atoms with Crippen LogP contribution in [0.3, 0.4) is 0 Å². The summed E-state index contributed by atoms with van der Waals surface area (Å²) in [6, 6.07) is 0. The predicted octanol–water partition coefficient (Wildman–Crippen LogP) is -5.43. The lowest BCUT2D eigenvalue weighted by atomic mass is 9.98. The Balaban J connectivity index is 1.63. The number of hydrogen-bond donors (Lipinski definition) is 8. The van der Waals surface area contributed by atoms with Crippen LogP contribution < -0.4 is 0 Å². The van der Waals surface area contributed by atoms with Gasteiger partial charge in [-0.3, -0.25) is 0 Å². The van der Waals surface area contributed by atoms with Crippen LogP contribution in [0.15, 0.2) is 6.20 Å². The minimum atomic E-state index is -1.59. The van der Waals surface area contributed by atoms with Gasteiger partial charge in [0.05, 0.1) is 26.0 Å². The summed E-state index contributed by atoms with van der Waals surface area (Å²) in [5.74, 6) is 0. The van der Waals surface area contributed by atoms with Gasteiger partial charge in [0.2, 0.25) is 0 Å². The molecule has 2 saturated heterocycles. The Morgan fingerprint density at radius 1 is 0.828 bits per heavy atom. The van der Waals surface area contributed by atoms with Crippen molar-refractivity contribution in [3.8, 4) is 0 Å². The molecule has 0 amide bonds. The molecule has 14 nitrogen and oxygen atoms in total. The monoisotopic (exact) mass is 423 g/mol. The summed E-state index contributed by atoms with van der Waals surface area (Å²) in [4.78, 5) is 0. The first kappa shape index (κ1) is 22.4. The summed E-state index contributed by atoms with van der Waals surface area (Å²) in [5, 5.41) is 85.1. The number of nitrogens with zero attached hydrogens (tertiary/aromatic N) is 3. The molecule has 1 aromatic rings. The molecule has 0 aliphatic carbocycles. The first-order valence-electron chi connectivity index (χ1n) is 8.91. The van der Waals surface area contributed by atoms with Crippen molar-refractivity contribution in [1.29, 1.82) is 0 Å². The first-order chi connectivity index (χ1) is 13.8. The smallest absolute Gasteiger partial charge is 0.187 e. The molecule has 0 radical (unpaired) electrons. The van der Waals surface area contributed by atoms with E-state index in [1.165, 1.54) is 6.20 Å². The fourth-order valence-corrected chi connectivity index (χ4v) is 3.18. The predicted molar refractivity (Wildman–Crippen MR) is 87.6 cm³/mol. The lowest BCUT2D eigenvalue weighted by molar-refractivity contribution is -0.304. The largest absolute Gasteiger partial charge is 0.394 e. The topological polar surface area (TPSA) is 220 Å². The van der Waals surface area contributed by atoms with Gasteiger partial charge in [-0.05, 0) is 0 Å². The standard InChI is InChI=1S/C15H25N3O11/c19-2-6-8(21)10(23)12(25)14(28-6)18-1-5(16-17-18)4-27-15-13(26)11(24)9(22)7(3-20)29-15/h1,6-15,19-26H,2-4H2/t6-,7-,8+,9-,10+,11+,12-,13-,14-,15?/m1/s1. The summed E-state index contributed by atoms with van der Waals surface area (Å²) in [6.07, 6.45) is -12.8. The Hall–Kier alpha value is -1.30. The average Bonchev–Trinajstić information content (AvgIpc) is 3.19. The third-order valence-electron chi connectivity index (χ3n) is 4.93. The molecule has 14 heteroatoms. The number of aromatic nitrogens is 3. The van der Waals surface area contributed by atoms with Crippen LogP contribution >= 0.6 is 0 Å². The van der Waals surface area contributed by atoms with Crippen LogP contribution in [-0.2, 0) is 20.8 Å². The number of rotatable bonds is 6. The maximum Gasteiger partial charge on any atom is 0.187 e. The van der Waals surface area contributed by atoms with Gasteiger partial charge in [-0.1, -0.05) is 5.21 Å². The lowest BCUT2D eigenvalue weighted by Crippen LogP contribution is -2.59. The Kier molecular flexibility index (Phi) is 7.13. The molecule has 0 saturated carbocycles. The van der Waals surface area contributed by atoms with Gasteiger partial charge in [0, 0.05) is 0 Å². The molecule has 8 N–H and O–H groups in total. The highest BCUT2D eigenvalue weighted by Gasteiger charge is 2.45. The second-order valence-corrected chi connectivity index (χ2v) is 6.92. The van der Waals surface area contributed by atoms with Crippen LogP contribution in [0.25, 0.3) is 0 Å². The zero-order valence-corrected chi connectivity index (χ0v) is 15.1. The lowest BCUT2D eigenvalue weighted by Gasteiger charge is -2.39. The van der Waals surface area contributed by atoms with Crippen molar-refractivity contribution in [2.24, 2.45) is 0 Å². The molecule has 2 aliphatic rings. The molecule has 3 heterocycles. The van der Waals surface area contributed by atoms with Crippen LogP contribution in [0, 0.1) is 0 Å². The molecule has 0 spiro atoms. The van der Waals surface area contributed by atoms with E-state index in [-0.39, 0.29) is 12.3 Å². The Labute approximate surface area is 164 Å². The molecule has 2 fully saturated rings. The van der Waals surface area contributed by atoms with E-state index in [0.29, 0.717) is 0 Å². The van der Waals surface area contributed by atoms with E-state index in [0.717, 1.165) is 4.68 Å². The molecule has 10 atom stereocenters. The highest BCUT2D eigenvalue weighted by atomic mass is 16.7. The maximum absolute atomic E-state index is 10.1. The highest BCUT2D eigenvalue weighted by molar-refractivity contribution is 4.96. The van der Waals surface area contributed by atoms with E-state index in [1.807, 2.05) is 0 Å². The number of aliphatic hydroxyl groups excluding tert-OH is 8. The van der Waals surface area contributed by atoms with Gasteiger partial charge in [-0.15, -0.1) is 5.10 Å². The summed E-state index contributed by atoms with van der Waals surface area (Å²) in [5.41, 5.74) is 0.193. The molecule has 0 bridgehead atoms. The van der Waals surface area contributed by atoms with Crippen molar-refractivity contribution in [2.75, 3.05) is 13.2 Å². The van der Waals surface area contributed by atoms with Crippen LogP contribution in [0.1, 0.15) is 11.9 Å². The zero-order valence-electron chi connectivity index (χ0n) is 15.1. The fourth-order valence-electron chi connectivity index (χ4n) is 3.18. The summed E-state index contributed by atoms with van der Waals surface area (Å²) < 4.78 is 17.0. The Morgan fingerprint density at radius 3 is 2.03 bits per heavy atom. The van der Waals surface area contributed by atoms with Crippen molar-refractivity contribution in [3.63, 3.8) is 0 Å². The average molecular weight is 423 g/mol. The van der Waals surface area contributed by atoms with Gasteiger partial charge in [0.15, 0.2) is 12.5 Å². The van der Waals surface area contributed by atoms with Crippen LogP contribution in [0.5, 0.6) is 0 Å². The Morgan fingerprint density at radius 2 is 1.41 bits per heavy atom. The minimum Gasteiger partial charge on any atom is -0.394 e. The SMILES string of the molecule is OC[C@H]1O[C@@H](n2cc(COC3O[C@H](CO)[C@@H](O)[C@H](O)[C@H]3O)nn2)[C@H](O)[C@@H](O)[C@H]1O. The fraction of sp³-hybridized carbons (Fsp3) is 0.867. The zero-order chi connectivity index (χ0) is 21.3. The Bertz CT molecular complexity index is 659. The highest BCUT2D eigenvalue weighted by Crippen LogP contribution is 2.28. The third kappa shape index (κ3) is 4.42. The van der Waals surface area contributed by atoms with E-state index < -0.39 is 74.6 Å². The normalized spacial score (nSPS) is 43.4. The van der Waals surface area contributed by atoms with Crippen molar-refractivity contribution >= 4 is 0 Å². The number of aliphatic hydroxyl groups is 8. The second kappa shape index (κ2) is 9.23. The molecular weight excluding hydrogens is 398 g/mol. The summed E-state index contributed by atoms with van der Waals surface area (Å²) in [6.45, 7) is -1.46. The van der Waals surface area contributed by atoms with Gasteiger partial charge in [-0.25, -0.2) is 4.68 Å². The molecule has 2 aliphatic heterocycles. The molecule has 1 aromatic heterocycles. The molecular formula is C15H25N3O11. The third-order valence-corrected chi connectivity index (χ3v) is 4.93. The van der Waals surface area contributed by atoms with Crippen LogP contribution in [0.4, 0.5) is 0 Å². The van der Waals surface area contributed by atoms with Crippen LogP contribution in [-0.4, -0.2) is 124 Å². The van der Waals surface area contributed by atoms with E-state index in [2.05, 4.69) is 10.3 Å². The number of ether oxygens (including phenoxy) is 3. The summed E-state index contributed by atoms with van der Waals surface area (Å²) >= 11 is 0. The molecule has 166 valence electrons. The van der Waals surface area contributed by atoms with Gasteiger partial charge < -0.3 is 55.1 Å². The maximum atomic E-state index is 10.1. The first-order valence-corrected chi connectivity index (χ1v) is 8.91. The molecule has 1 unspecified atom stereocenters. The molecule has 0 aromatic carbocycles. The van der Waals surface area contributed by atoms with Crippen molar-refractivity contribution < 1.29 is 55.1 Å².